The second-order valence-electron chi connectivity index (χ2n) is 7.95. The molecular weight excluding hydrogens is 438 g/mol. The zero-order chi connectivity index (χ0) is 24.2. The number of methoxy groups -OCH3 is 4. The molecule has 0 saturated heterocycles. The lowest BCUT2D eigenvalue weighted by Crippen LogP contribution is -2.30. The molecule has 8 nitrogen and oxygen atoms in total. The van der Waals surface area contributed by atoms with Crippen molar-refractivity contribution in [1.82, 2.24) is 0 Å². The number of hydrogen-bond donors (Lipinski definition) is 0. The lowest BCUT2D eigenvalue weighted by molar-refractivity contribution is -0.144. The Morgan fingerprint density at radius 3 is 2.29 bits per heavy atom. The number of carbonyl (C=O) groups is 1. The molecule has 0 N–H and O–H groups in total. The van der Waals surface area contributed by atoms with Crippen LogP contribution in [0.1, 0.15) is 36.0 Å². The SMILES string of the molecule is CCCN=CC1=Cc2cc3c(cc2[C@@H](c2cc(OC)c(OC)c(OC)c2)[C@@H]1C(=O)OC)OCO3. The average molecular weight is 468 g/mol. The van der Waals surface area contributed by atoms with Crippen LogP contribution in [0.25, 0.3) is 6.08 Å². The molecule has 0 spiro atoms. The van der Waals surface area contributed by atoms with Gasteiger partial charge in [0.2, 0.25) is 12.5 Å². The van der Waals surface area contributed by atoms with Crippen molar-refractivity contribution in [3.63, 3.8) is 0 Å². The van der Waals surface area contributed by atoms with Crippen LogP contribution in [0.4, 0.5) is 0 Å². The summed E-state index contributed by atoms with van der Waals surface area (Å²) in [5, 5.41) is 0. The fourth-order valence-electron chi connectivity index (χ4n) is 4.48. The molecule has 1 heterocycles. The highest BCUT2D eigenvalue weighted by Crippen LogP contribution is 2.50. The van der Waals surface area contributed by atoms with E-state index in [0.717, 1.165) is 28.7 Å². The van der Waals surface area contributed by atoms with E-state index in [0.29, 0.717) is 35.3 Å². The van der Waals surface area contributed by atoms with Gasteiger partial charge in [0, 0.05) is 18.7 Å². The second kappa shape index (κ2) is 10.1. The molecule has 0 saturated carbocycles. The van der Waals surface area contributed by atoms with E-state index < -0.39 is 11.8 Å². The molecule has 1 aliphatic carbocycles. The van der Waals surface area contributed by atoms with Crippen molar-refractivity contribution in [2.24, 2.45) is 10.9 Å². The molecule has 34 heavy (non-hydrogen) atoms. The molecule has 2 atom stereocenters. The standard InChI is InChI=1S/C26H29NO7/c1-6-7-27-13-17-8-15-9-19-20(34-14-33-19)12-18(15)23(24(17)26(28)32-5)16-10-21(29-2)25(31-4)22(11-16)30-3/h8-13,23-24H,6-7,14H2,1-5H3/t23-,24-/m1/s1. The molecule has 180 valence electrons. The van der Waals surface area contributed by atoms with Crippen LogP contribution in [0.5, 0.6) is 28.7 Å². The molecule has 1 aliphatic heterocycles. The maximum Gasteiger partial charge on any atom is 0.314 e. The third-order valence-electron chi connectivity index (χ3n) is 6.02. The minimum Gasteiger partial charge on any atom is -0.493 e. The zero-order valence-electron chi connectivity index (χ0n) is 20.0. The topological polar surface area (TPSA) is 84.8 Å². The van der Waals surface area contributed by atoms with Crippen LogP contribution in [0.3, 0.4) is 0 Å². The van der Waals surface area contributed by atoms with Crippen LogP contribution in [0.2, 0.25) is 0 Å². The molecular formula is C26H29NO7. The molecule has 0 radical (unpaired) electrons. The normalized spacial score (nSPS) is 18.3. The molecule has 0 fully saturated rings. The first-order valence-electron chi connectivity index (χ1n) is 11.1. The Bertz CT molecular complexity index is 1110. The van der Waals surface area contributed by atoms with E-state index in [2.05, 4.69) is 11.9 Å². The third kappa shape index (κ3) is 4.16. The minimum absolute atomic E-state index is 0.155. The van der Waals surface area contributed by atoms with Crippen molar-refractivity contribution in [1.29, 1.82) is 0 Å². The predicted octanol–water partition coefficient (Wildman–Crippen LogP) is 4.24. The first-order chi connectivity index (χ1) is 16.6. The van der Waals surface area contributed by atoms with Crippen molar-refractivity contribution in [2.45, 2.75) is 19.3 Å². The number of benzene rings is 2. The number of fused-ring (bicyclic) bond motifs is 2. The molecule has 4 rings (SSSR count). The summed E-state index contributed by atoms with van der Waals surface area (Å²) in [7, 11) is 6.08. The monoisotopic (exact) mass is 467 g/mol. The fraction of sp³-hybridized carbons (Fsp3) is 0.385. The van der Waals surface area contributed by atoms with Gasteiger partial charge in [-0.25, -0.2) is 0 Å². The van der Waals surface area contributed by atoms with Crippen LogP contribution in [-0.2, 0) is 9.53 Å². The van der Waals surface area contributed by atoms with E-state index in [1.165, 1.54) is 7.11 Å². The highest BCUT2D eigenvalue weighted by Gasteiger charge is 2.40. The number of esters is 1. The van der Waals surface area contributed by atoms with Gasteiger partial charge < -0.3 is 28.4 Å². The summed E-state index contributed by atoms with van der Waals surface area (Å²) < 4.78 is 33.2. The van der Waals surface area contributed by atoms with E-state index >= 15 is 0 Å². The van der Waals surface area contributed by atoms with Crippen molar-refractivity contribution in [3.8, 4) is 28.7 Å². The summed E-state index contributed by atoms with van der Waals surface area (Å²) in [6, 6.07) is 7.59. The van der Waals surface area contributed by atoms with Gasteiger partial charge in [0.05, 0.1) is 34.4 Å². The van der Waals surface area contributed by atoms with Crippen LogP contribution in [0.15, 0.2) is 34.8 Å². The van der Waals surface area contributed by atoms with Gasteiger partial charge in [-0.2, -0.15) is 0 Å². The Balaban J connectivity index is 1.97. The Kier molecular flexibility index (Phi) is 6.95. The molecule has 8 heteroatoms. The van der Waals surface area contributed by atoms with E-state index in [1.54, 1.807) is 27.5 Å². The molecule has 2 aromatic carbocycles. The van der Waals surface area contributed by atoms with Gasteiger partial charge in [-0.05, 0) is 59.0 Å². The van der Waals surface area contributed by atoms with Gasteiger partial charge in [0.1, 0.15) is 0 Å². The minimum atomic E-state index is -0.638. The zero-order valence-corrected chi connectivity index (χ0v) is 20.0. The van der Waals surface area contributed by atoms with Gasteiger partial charge >= 0.3 is 5.97 Å². The Hall–Kier alpha value is -3.68. The van der Waals surface area contributed by atoms with Crippen molar-refractivity contribution >= 4 is 18.3 Å². The lowest BCUT2D eigenvalue weighted by atomic mass is 9.71. The number of aliphatic imine (C=N–C) groups is 1. The van der Waals surface area contributed by atoms with E-state index in [9.17, 15) is 4.79 Å². The third-order valence-corrected chi connectivity index (χ3v) is 6.02. The predicted molar refractivity (Wildman–Crippen MR) is 128 cm³/mol. The summed E-state index contributed by atoms with van der Waals surface area (Å²) in [5.74, 6) is 1.36. The summed E-state index contributed by atoms with van der Waals surface area (Å²) in [5.41, 5.74) is 3.38. The number of carbonyl (C=O) groups excluding carboxylic acids is 1. The summed E-state index contributed by atoms with van der Waals surface area (Å²) >= 11 is 0. The highest BCUT2D eigenvalue weighted by molar-refractivity contribution is 5.97. The first kappa shape index (κ1) is 23.5. The largest absolute Gasteiger partial charge is 0.493 e. The molecule has 0 bridgehead atoms. The van der Waals surface area contributed by atoms with Crippen LogP contribution >= 0.6 is 0 Å². The molecule has 0 aromatic heterocycles. The fourth-order valence-corrected chi connectivity index (χ4v) is 4.48. The molecule has 0 unspecified atom stereocenters. The van der Waals surface area contributed by atoms with Crippen molar-refractivity contribution < 1.29 is 33.2 Å². The lowest BCUT2D eigenvalue weighted by Gasteiger charge is -2.32. The average Bonchev–Trinajstić information content (AvgIpc) is 3.32. The number of rotatable bonds is 8. The van der Waals surface area contributed by atoms with Crippen LogP contribution < -0.4 is 23.7 Å². The quantitative estimate of drug-likeness (QED) is 0.424. The molecule has 2 aliphatic rings. The highest BCUT2D eigenvalue weighted by atomic mass is 16.7. The van der Waals surface area contributed by atoms with Gasteiger partial charge in [-0.15, -0.1) is 0 Å². The van der Waals surface area contributed by atoms with E-state index in [-0.39, 0.29) is 12.8 Å². The smallest absolute Gasteiger partial charge is 0.314 e. The van der Waals surface area contributed by atoms with Gasteiger partial charge in [0.15, 0.2) is 23.0 Å². The molecule has 2 aromatic rings. The Morgan fingerprint density at radius 1 is 1.03 bits per heavy atom. The first-order valence-corrected chi connectivity index (χ1v) is 11.1. The Labute approximate surface area is 199 Å². The maximum absolute atomic E-state index is 13.2. The van der Waals surface area contributed by atoms with Gasteiger partial charge in [-0.3, -0.25) is 9.79 Å². The van der Waals surface area contributed by atoms with Gasteiger partial charge in [-0.1, -0.05) is 6.92 Å². The summed E-state index contributed by atoms with van der Waals surface area (Å²) in [4.78, 5) is 17.7. The van der Waals surface area contributed by atoms with Gasteiger partial charge in [0.25, 0.3) is 0 Å². The second-order valence-corrected chi connectivity index (χ2v) is 7.95. The number of hydrogen-bond acceptors (Lipinski definition) is 8. The van der Waals surface area contributed by atoms with E-state index in [4.69, 9.17) is 28.4 Å². The van der Waals surface area contributed by atoms with Crippen molar-refractivity contribution in [3.05, 3.63) is 46.5 Å². The summed E-state index contributed by atoms with van der Waals surface area (Å²) in [6.07, 6.45) is 4.63. The van der Waals surface area contributed by atoms with Crippen molar-refractivity contribution in [2.75, 3.05) is 41.8 Å². The Morgan fingerprint density at radius 2 is 1.71 bits per heavy atom. The van der Waals surface area contributed by atoms with Crippen LogP contribution in [-0.4, -0.2) is 54.0 Å². The molecule has 0 amide bonds. The maximum atomic E-state index is 13.2. The van der Waals surface area contributed by atoms with Crippen LogP contribution in [0, 0.1) is 5.92 Å². The van der Waals surface area contributed by atoms with E-state index in [1.807, 2.05) is 30.3 Å². The summed E-state index contributed by atoms with van der Waals surface area (Å²) in [6.45, 7) is 2.87. The number of ether oxygens (including phenoxy) is 6. The number of nitrogens with zero attached hydrogens (tertiary/aromatic N) is 1.